The number of aromatic nitrogens is 2. The van der Waals surface area contributed by atoms with E-state index in [1.807, 2.05) is 6.92 Å². The summed E-state index contributed by atoms with van der Waals surface area (Å²) in [6.45, 7) is 10.6. The maximum Gasteiger partial charge on any atom is 0.224 e. The zero-order valence-corrected chi connectivity index (χ0v) is 12.6. The van der Waals surface area contributed by atoms with E-state index in [0.29, 0.717) is 6.04 Å². The molecule has 1 aromatic heterocycles. The lowest BCUT2D eigenvalue weighted by Crippen LogP contribution is -2.29. The van der Waals surface area contributed by atoms with E-state index < -0.39 is 0 Å². The predicted octanol–water partition coefficient (Wildman–Crippen LogP) is 3.23. The molecule has 19 heavy (non-hydrogen) atoms. The monoisotopic (exact) mass is 262 g/mol. The highest BCUT2D eigenvalue weighted by Gasteiger charge is 2.30. The highest BCUT2D eigenvalue weighted by molar-refractivity contribution is 5.46. The molecule has 4 heteroatoms. The second kappa shape index (κ2) is 6.22. The molecule has 1 aliphatic carbocycles. The Morgan fingerprint density at radius 2 is 2.11 bits per heavy atom. The van der Waals surface area contributed by atoms with E-state index in [0.717, 1.165) is 36.5 Å². The molecule has 0 atom stereocenters. The van der Waals surface area contributed by atoms with Crippen molar-refractivity contribution < 1.29 is 0 Å². The number of anilines is 2. The van der Waals surface area contributed by atoms with Crippen molar-refractivity contribution >= 4 is 11.8 Å². The van der Waals surface area contributed by atoms with Crippen LogP contribution in [0.4, 0.5) is 11.8 Å². The average Bonchev–Trinajstić information content (AvgIpc) is 3.13. The van der Waals surface area contributed by atoms with Crippen molar-refractivity contribution in [3.05, 3.63) is 11.8 Å². The Hall–Kier alpha value is -1.32. The summed E-state index contributed by atoms with van der Waals surface area (Å²) in [6.07, 6.45) is 3.82. The number of nitrogens with zero attached hydrogens (tertiary/aromatic N) is 3. The predicted molar refractivity (Wildman–Crippen MR) is 80.8 cm³/mol. The number of rotatable bonds is 7. The highest BCUT2D eigenvalue weighted by Crippen LogP contribution is 2.31. The van der Waals surface area contributed by atoms with Crippen LogP contribution < -0.4 is 10.2 Å². The van der Waals surface area contributed by atoms with Gasteiger partial charge in [0.2, 0.25) is 5.95 Å². The first kappa shape index (κ1) is 14.1. The van der Waals surface area contributed by atoms with Crippen LogP contribution in [0.25, 0.3) is 0 Å². The topological polar surface area (TPSA) is 41.1 Å². The normalized spacial score (nSPS) is 14.8. The third kappa shape index (κ3) is 4.08. The summed E-state index contributed by atoms with van der Waals surface area (Å²) < 4.78 is 0. The van der Waals surface area contributed by atoms with Gasteiger partial charge in [-0.1, -0.05) is 13.8 Å². The highest BCUT2D eigenvalue weighted by atomic mass is 15.3. The summed E-state index contributed by atoms with van der Waals surface area (Å²) in [5.41, 5.74) is 1.04. The van der Waals surface area contributed by atoms with E-state index in [1.165, 1.54) is 19.3 Å². The third-order valence-electron chi connectivity index (χ3n) is 3.40. The summed E-state index contributed by atoms with van der Waals surface area (Å²) >= 11 is 0. The second-order valence-electron chi connectivity index (χ2n) is 5.83. The average molecular weight is 262 g/mol. The first-order chi connectivity index (χ1) is 9.10. The van der Waals surface area contributed by atoms with Crippen LogP contribution in [0, 0.1) is 12.8 Å². The SMILES string of the molecule is CCNc1nc(C)cc(N(CCC(C)C)C2CC2)n1. The van der Waals surface area contributed by atoms with Gasteiger partial charge < -0.3 is 10.2 Å². The van der Waals surface area contributed by atoms with E-state index in [-0.39, 0.29) is 0 Å². The van der Waals surface area contributed by atoms with Crippen LogP contribution in [-0.4, -0.2) is 29.1 Å². The van der Waals surface area contributed by atoms with Crippen LogP contribution in [-0.2, 0) is 0 Å². The van der Waals surface area contributed by atoms with Gasteiger partial charge in [-0.3, -0.25) is 0 Å². The van der Waals surface area contributed by atoms with E-state index >= 15 is 0 Å². The molecule has 0 bridgehead atoms. The Labute approximate surface area is 116 Å². The molecule has 0 radical (unpaired) electrons. The van der Waals surface area contributed by atoms with Crippen molar-refractivity contribution in [1.82, 2.24) is 9.97 Å². The van der Waals surface area contributed by atoms with E-state index in [4.69, 9.17) is 0 Å². The molecule has 1 fully saturated rings. The number of hydrogen-bond donors (Lipinski definition) is 1. The lowest BCUT2D eigenvalue weighted by atomic mass is 10.1. The molecule has 0 amide bonds. The van der Waals surface area contributed by atoms with Crippen molar-refractivity contribution in [2.45, 2.75) is 53.0 Å². The summed E-state index contributed by atoms with van der Waals surface area (Å²) in [5, 5.41) is 3.22. The maximum absolute atomic E-state index is 4.67. The number of nitrogens with one attached hydrogen (secondary N) is 1. The third-order valence-corrected chi connectivity index (χ3v) is 3.40. The van der Waals surface area contributed by atoms with Crippen molar-refractivity contribution in [2.24, 2.45) is 5.92 Å². The molecule has 106 valence electrons. The van der Waals surface area contributed by atoms with Gasteiger partial charge >= 0.3 is 0 Å². The molecular weight excluding hydrogens is 236 g/mol. The van der Waals surface area contributed by atoms with Gasteiger partial charge in [-0.05, 0) is 39.0 Å². The fraction of sp³-hybridized carbons (Fsp3) is 0.733. The van der Waals surface area contributed by atoms with Crippen LogP contribution in [0.1, 0.15) is 45.7 Å². The molecule has 0 unspecified atom stereocenters. The molecule has 0 saturated heterocycles. The first-order valence-electron chi connectivity index (χ1n) is 7.46. The van der Waals surface area contributed by atoms with Crippen LogP contribution in [0.5, 0.6) is 0 Å². The molecule has 1 saturated carbocycles. The van der Waals surface area contributed by atoms with Gasteiger partial charge in [0.1, 0.15) is 5.82 Å². The van der Waals surface area contributed by atoms with Crippen LogP contribution in [0.2, 0.25) is 0 Å². The van der Waals surface area contributed by atoms with Gasteiger partial charge in [-0.2, -0.15) is 4.98 Å². The Bertz CT molecular complexity index is 413. The lowest BCUT2D eigenvalue weighted by molar-refractivity contribution is 0.568. The van der Waals surface area contributed by atoms with Crippen molar-refractivity contribution in [3.63, 3.8) is 0 Å². The quantitative estimate of drug-likeness (QED) is 0.819. The minimum atomic E-state index is 0.697. The smallest absolute Gasteiger partial charge is 0.224 e. The number of hydrogen-bond acceptors (Lipinski definition) is 4. The van der Waals surface area contributed by atoms with Gasteiger partial charge in [-0.15, -0.1) is 0 Å². The summed E-state index contributed by atoms with van der Waals surface area (Å²) in [4.78, 5) is 11.6. The molecule has 2 rings (SSSR count). The zero-order chi connectivity index (χ0) is 13.8. The molecule has 0 aromatic carbocycles. The molecule has 0 aliphatic heterocycles. The number of aryl methyl sites for hydroxylation is 1. The second-order valence-corrected chi connectivity index (χ2v) is 5.83. The van der Waals surface area contributed by atoms with Gasteiger partial charge in [0.25, 0.3) is 0 Å². The Morgan fingerprint density at radius 3 is 2.68 bits per heavy atom. The fourth-order valence-corrected chi connectivity index (χ4v) is 2.20. The molecule has 1 N–H and O–H groups in total. The molecule has 1 aromatic rings. The Morgan fingerprint density at radius 1 is 1.37 bits per heavy atom. The van der Waals surface area contributed by atoms with Gasteiger partial charge in [0.15, 0.2) is 0 Å². The molecule has 0 spiro atoms. The molecule has 1 aliphatic rings. The molecular formula is C15H26N4. The summed E-state index contributed by atoms with van der Waals surface area (Å²) in [5.74, 6) is 2.58. The standard InChI is InChI=1S/C15H26N4/c1-5-16-15-17-12(4)10-14(18-15)19(13-6-7-13)9-8-11(2)3/h10-11,13H,5-9H2,1-4H3,(H,16,17,18). The minimum Gasteiger partial charge on any atom is -0.354 e. The molecule has 4 nitrogen and oxygen atoms in total. The minimum absolute atomic E-state index is 0.697. The van der Waals surface area contributed by atoms with E-state index in [1.54, 1.807) is 0 Å². The fourth-order valence-electron chi connectivity index (χ4n) is 2.20. The zero-order valence-electron chi connectivity index (χ0n) is 12.6. The van der Waals surface area contributed by atoms with Gasteiger partial charge in [0, 0.05) is 30.9 Å². The molecule has 1 heterocycles. The van der Waals surface area contributed by atoms with E-state index in [9.17, 15) is 0 Å². The maximum atomic E-state index is 4.67. The van der Waals surface area contributed by atoms with Gasteiger partial charge in [0.05, 0.1) is 0 Å². The Kier molecular flexibility index (Phi) is 4.61. The van der Waals surface area contributed by atoms with Crippen molar-refractivity contribution in [2.75, 3.05) is 23.3 Å². The van der Waals surface area contributed by atoms with Crippen molar-refractivity contribution in [3.8, 4) is 0 Å². The van der Waals surface area contributed by atoms with Crippen molar-refractivity contribution in [1.29, 1.82) is 0 Å². The largest absolute Gasteiger partial charge is 0.354 e. The van der Waals surface area contributed by atoms with Crippen LogP contribution in [0.3, 0.4) is 0 Å². The first-order valence-corrected chi connectivity index (χ1v) is 7.46. The van der Waals surface area contributed by atoms with Crippen LogP contribution >= 0.6 is 0 Å². The van der Waals surface area contributed by atoms with E-state index in [2.05, 4.69) is 47.0 Å². The van der Waals surface area contributed by atoms with Gasteiger partial charge in [-0.25, -0.2) is 4.98 Å². The summed E-state index contributed by atoms with van der Waals surface area (Å²) in [7, 11) is 0. The van der Waals surface area contributed by atoms with Crippen LogP contribution in [0.15, 0.2) is 6.07 Å². The lowest BCUT2D eigenvalue weighted by Gasteiger charge is -2.25. The summed E-state index contributed by atoms with van der Waals surface area (Å²) in [6, 6.07) is 2.81. The Balaban J connectivity index is 2.15.